The molecule has 2 amide bonds. The number of hydrogen-bond acceptors (Lipinski definition) is 6. The van der Waals surface area contributed by atoms with Gasteiger partial charge in [0.1, 0.15) is 5.01 Å². The van der Waals surface area contributed by atoms with Crippen LogP contribution in [0.2, 0.25) is 0 Å². The average molecular weight is 395 g/mol. The smallest absolute Gasteiger partial charge is 0.331 e. The van der Waals surface area contributed by atoms with E-state index in [2.05, 4.69) is 10.3 Å². The number of carbonyl (C=O) groups excluding carboxylic acids is 3. The Hall–Kier alpha value is -3.52. The normalized spacial score (nSPS) is 12.0. The third-order valence-corrected chi connectivity index (χ3v) is 4.77. The zero-order chi connectivity index (χ0) is 20.1. The first kappa shape index (κ1) is 19.2. The van der Waals surface area contributed by atoms with Crippen LogP contribution in [0.15, 0.2) is 54.6 Å². The second kappa shape index (κ2) is 8.45. The number of carbonyl (C=O) groups is 3. The molecule has 0 bridgehead atoms. The third kappa shape index (κ3) is 4.80. The van der Waals surface area contributed by atoms with Crippen LogP contribution in [0.4, 0.5) is 5.69 Å². The Bertz CT molecular complexity index is 1020. The van der Waals surface area contributed by atoms with Gasteiger partial charge in [-0.25, -0.2) is 9.78 Å². The Morgan fingerprint density at radius 2 is 1.86 bits per heavy atom. The molecule has 2 aromatic carbocycles. The van der Waals surface area contributed by atoms with Crippen molar-refractivity contribution in [3.8, 4) is 0 Å². The molecule has 7 nitrogen and oxygen atoms in total. The molecule has 142 valence electrons. The molecule has 3 rings (SSSR count). The van der Waals surface area contributed by atoms with E-state index in [1.165, 1.54) is 36.5 Å². The number of nitrogens with one attached hydrogen (secondary N) is 1. The van der Waals surface area contributed by atoms with Crippen molar-refractivity contribution >= 4 is 51.1 Å². The van der Waals surface area contributed by atoms with Gasteiger partial charge in [-0.05, 0) is 49.4 Å². The van der Waals surface area contributed by atoms with E-state index >= 15 is 0 Å². The van der Waals surface area contributed by atoms with Gasteiger partial charge in [0.25, 0.3) is 5.91 Å². The van der Waals surface area contributed by atoms with Crippen molar-refractivity contribution in [2.24, 2.45) is 5.73 Å². The number of hydrogen-bond donors (Lipinski definition) is 2. The number of aromatic nitrogens is 1. The highest BCUT2D eigenvalue weighted by molar-refractivity contribution is 7.19. The molecule has 0 aliphatic rings. The molecule has 1 atom stereocenters. The van der Waals surface area contributed by atoms with E-state index in [-0.39, 0.29) is 0 Å². The van der Waals surface area contributed by atoms with Gasteiger partial charge in [-0.3, -0.25) is 9.59 Å². The summed E-state index contributed by atoms with van der Waals surface area (Å²) < 4.78 is 6.13. The minimum atomic E-state index is -0.997. The fraction of sp³-hybridized carbons (Fsp3) is 0.100. The summed E-state index contributed by atoms with van der Waals surface area (Å²) >= 11 is 1.45. The minimum Gasteiger partial charge on any atom is -0.449 e. The van der Waals surface area contributed by atoms with Gasteiger partial charge in [-0.1, -0.05) is 12.1 Å². The van der Waals surface area contributed by atoms with Crippen molar-refractivity contribution in [2.75, 3.05) is 5.32 Å². The van der Waals surface area contributed by atoms with Gasteiger partial charge >= 0.3 is 5.97 Å². The van der Waals surface area contributed by atoms with Gasteiger partial charge in [0.15, 0.2) is 6.10 Å². The summed E-state index contributed by atoms with van der Waals surface area (Å²) in [5, 5.41) is 3.27. The van der Waals surface area contributed by atoms with Gasteiger partial charge in [0, 0.05) is 17.3 Å². The van der Waals surface area contributed by atoms with E-state index in [0.29, 0.717) is 16.3 Å². The predicted octanol–water partition coefficient (Wildman–Crippen LogP) is 2.98. The number of nitrogens with zero attached hydrogens (tertiary/aromatic N) is 1. The van der Waals surface area contributed by atoms with Crippen molar-refractivity contribution in [3.05, 3.63) is 65.2 Å². The summed E-state index contributed by atoms with van der Waals surface area (Å²) in [4.78, 5) is 39.5. The number of ether oxygens (including phenoxy) is 1. The molecule has 3 N–H and O–H groups in total. The Balaban J connectivity index is 1.55. The molecule has 28 heavy (non-hydrogen) atoms. The molecule has 0 unspecified atom stereocenters. The molecular formula is C20H17N3O4S. The molecular weight excluding hydrogens is 378 g/mol. The van der Waals surface area contributed by atoms with Crippen LogP contribution in [0.1, 0.15) is 22.3 Å². The number of thiazole rings is 1. The average Bonchev–Trinajstić information content (AvgIpc) is 3.09. The van der Waals surface area contributed by atoms with E-state index in [1.54, 1.807) is 18.2 Å². The lowest BCUT2D eigenvalue weighted by molar-refractivity contribution is -0.148. The summed E-state index contributed by atoms with van der Waals surface area (Å²) in [6.07, 6.45) is 1.80. The number of primary amides is 1. The van der Waals surface area contributed by atoms with Gasteiger partial charge in [-0.15, -0.1) is 11.3 Å². The van der Waals surface area contributed by atoms with E-state index in [1.807, 2.05) is 24.3 Å². The SMILES string of the molecule is C[C@@H](OC(=O)/C=C/c1nc2ccccc2s1)C(=O)Nc1ccc(C(N)=O)cc1. The maximum atomic E-state index is 12.1. The maximum Gasteiger partial charge on any atom is 0.331 e. The fourth-order valence-corrected chi connectivity index (χ4v) is 3.20. The number of nitrogens with two attached hydrogens (primary N) is 1. The largest absolute Gasteiger partial charge is 0.449 e. The van der Waals surface area contributed by atoms with Crippen molar-refractivity contribution in [3.63, 3.8) is 0 Å². The Labute approximate surface area is 164 Å². The lowest BCUT2D eigenvalue weighted by Crippen LogP contribution is -2.29. The summed E-state index contributed by atoms with van der Waals surface area (Å²) in [6.45, 7) is 1.47. The molecule has 0 aliphatic heterocycles. The highest BCUT2D eigenvalue weighted by atomic mass is 32.1. The number of amides is 2. The molecule has 0 saturated heterocycles. The van der Waals surface area contributed by atoms with Crippen molar-refractivity contribution < 1.29 is 19.1 Å². The lowest BCUT2D eigenvalue weighted by atomic mass is 10.2. The Kier molecular flexibility index (Phi) is 5.81. The summed E-state index contributed by atoms with van der Waals surface area (Å²) in [7, 11) is 0. The number of benzene rings is 2. The third-order valence-electron chi connectivity index (χ3n) is 3.77. The van der Waals surface area contributed by atoms with E-state index < -0.39 is 23.9 Å². The van der Waals surface area contributed by atoms with Gasteiger partial charge in [0.2, 0.25) is 5.91 Å². The standard InChI is InChI=1S/C20H17N3O4S/c1-12(20(26)22-14-8-6-13(7-9-14)19(21)25)27-18(24)11-10-17-23-15-4-2-3-5-16(15)28-17/h2-12H,1H3,(H2,21,25)(H,22,26)/b11-10+/t12-/m1/s1. The molecule has 0 spiro atoms. The number of fused-ring (bicyclic) bond motifs is 1. The number of anilines is 1. The zero-order valence-corrected chi connectivity index (χ0v) is 15.7. The second-order valence-corrected chi connectivity index (χ2v) is 6.93. The molecule has 0 radical (unpaired) electrons. The number of para-hydroxylation sites is 1. The summed E-state index contributed by atoms with van der Waals surface area (Å²) in [6, 6.07) is 13.7. The van der Waals surface area contributed by atoms with Crippen LogP contribution < -0.4 is 11.1 Å². The molecule has 0 saturated carbocycles. The van der Waals surface area contributed by atoms with Gasteiger partial charge in [-0.2, -0.15) is 0 Å². The van der Waals surface area contributed by atoms with Gasteiger partial charge in [0.05, 0.1) is 10.2 Å². The first-order valence-electron chi connectivity index (χ1n) is 8.37. The monoisotopic (exact) mass is 395 g/mol. The molecule has 0 fully saturated rings. The van der Waals surface area contributed by atoms with Crippen LogP contribution in [0.25, 0.3) is 16.3 Å². The molecule has 8 heteroatoms. The topological polar surface area (TPSA) is 111 Å². The van der Waals surface area contributed by atoms with Crippen LogP contribution >= 0.6 is 11.3 Å². The maximum absolute atomic E-state index is 12.1. The first-order valence-corrected chi connectivity index (χ1v) is 9.19. The quantitative estimate of drug-likeness (QED) is 0.492. The van der Waals surface area contributed by atoms with Crippen LogP contribution in [0.5, 0.6) is 0 Å². The van der Waals surface area contributed by atoms with Crippen molar-refractivity contribution in [1.29, 1.82) is 0 Å². The van der Waals surface area contributed by atoms with Gasteiger partial charge < -0.3 is 15.8 Å². The Morgan fingerprint density at radius 1 is 1.14 bits per heavy atom. The summed E-state index contributed by atoms with van der Waals surface area (Å²) in [5.74, 6) is -1.69. The Morgan fingerprint density at radius 3 is 2.54 bits per heavy atom. The van der Waals surface area contributed by atoms with Crippen LogP contribution in [0.3, 0.4) is 0 Å². The molecule has 1 heterocycles. The number of rotatable bonds is 6. The fourth-order valence-electron chi connectivity index (χ4n) is 2.33. The van der Waals surface area contributed by atoms with Crippen molar-refractivity contribution in [2.45, 2.75) is 13.0 Å². The molecule has 3 aromatic rings. The zero-order valence-electron chi connectivity index (χ0n) is 14.9. The van der Waals surface area contributed by atoms with Crippen LogP contribution in [-0.4, -0.2) is 28.9 Å². The van der Waals surface area contributed by atoms with E-state index in [4.69, 9.17) is 10.5 Å². The number of esters is 1. The minimum absolute atomic E-state index is 0.331. The van der Waals surface area contributed by atoms with Crippen LogP contribution in [-0.2, 0) is 14.3 Å². The summed E-state index contributed by atoms with van der Waals surface area (Å²) in [5.41, 5.74) is 6.82. The second-order valence-electron chi connectivity index (χ2n) is 5.86. The predicted molar refractivity (Wildman–Crippen MR) is 108 cm³/mol. The van der Waals surface area contributed by atoms with Crippen LogP contribution in [0, 0.1) is 0 Å². The lowest BCUT2D eigenvalue weighted by Gasteiger charge is -2.12. The molecule has 0 aliphatic carbocycles. The van der Waals surface area contributed by atoms with E-state index in [0.717, 1.165) is 10.2 Å². The highest BCUT2D eigenvalue weighted by Crippen LogP contribution is 2.22. The molecule has 1 aromatic heterocycles. The first-order chi connectivity index (χ1) is 13.4. The van der Waals surface area contributed by atoms with E-state index in [9.17, 15) is 14.4 Å². The van der Waals surface area contributed by atoms with Crippen molar-refractivity contribution in [1.82, 2.24) is 4.98 Å². The highest BCUT2D eigenvalue weighted by Gasteiger charge is 2.17.